The van der Waals surface area contributed by atoms with Crippen molar-refractivity contribution in [2.24, 2.45) is 45.3 Å². The van der Waals surface area contributed by atoms with Gasteiger partial charge >= 0.3 is 11.9 Å². The second-order valence-electron chi connectivity index (χ2n) is 18.4. The van der Waals surface area contributed by atoms with Gasteiger partial charge in [-0.15, -0.1) is 0 Å². The molecule has 0 radical (unpaired) electrons. The first kappa shape index (κ1) is 32.9. The Hall–Kier alpha value is -1.26. The Bertz CT molecular complexity index is 1260. The molecule has 8 aliphatic rings. The number of morpholine rings is 1. The number of carbonyl (C=O) groups excluding carboxylic acids is 2. The highest BCUT2D eigenvalue weighted by Crippen LogP contribution is 2.87. The fraction of sp³-hybridized carbons (Fsp3) is 0.947. The lowest BCUT2D eigenvalue weighted by Crippen LogP contribution is -2.57. The normalized spacial score (nSPS) is 49.4. The van der Waals surface area contributed by atoms with Crippen molar-refractivity contribution in [3.05, 3.63) is 0 Å². The Morgan fingerprint density at radius 3 is 2.49 bits per heavy atom. The highest BCUT2D eigenvalue weighted by molar-refractivity contribution is 5.77. The van der Waals surface area contributed by atoms with Crippen LogP contribution in [0, 0.1) is 45.3 Å². The zero-order chi connectivity index (χ0) is 33.1. The molecule has 5 saturated carbocycles. The van der Waals surface area contributed by atoms with Gasteiger partial charge in [-0.2, -0.15) is 0 Å². The maximum atomic E-state index is 12.3. The van der Waals surface area contributed by atoms with Crippen molar-refractivity contribution in [1.29, 1.82) is 0 Å². The van der Waals surface area contributed by atoms with Crippen LogP contribution in [-0.4, -0.2) is 90.6 Å². The second kappa shape index (κ2) is 11.1. The summed E-state index contributed by atoms with van der Waals surface area (Å²) in [5.74, 6) is 2.14. The number of cyclic esters (lactones) is 1. The van der Waals surface area contributed by atoms with Crippen molar-refractivity contribution < 1.29 is 38.4 Å². The van der Waals surface area contributed by atoms with Gasteiger partial charge in [-0.1, -0.05) is 20.8 Å². The lowest BCUT2D eigenvalue weighted by Gasteiger charge is -2.60. The molecule has 0 bridgehead atoms. The van der Waals surface area contributed by atoms with Gasteiger partial charge in [0.15, 0.2) is 12.4 Å². The van der Waals surface area contributed by atoms with E-state index in [0.717, 1.165) is 44.6 Å². The number of nitrogens with zero attached hydrogens (tertiary/aromatic N) is 1. The van der Waals surface area contributed by atoms with Crippen LogP contribution in [0.3, 0.4) is 0 Å². The molecule has 0 amide bonds. The number of aliphatic hydroxyl groups is 1. The lowest BCUT2D eigenvalue weighted by molar-refractivity contribution is -0.247. The maximum absolute atomic E-state index is 12.3. The summed E-state index contributed by atoms with van der Waals surface area (Å²) in [5, 5.41) is 10.9. The molecular formula is C38H59NO8. The zero-order valence-corrected chi connectivity index (χ0v) is 29.6. The van der Waals surface area contributed by atoms with E-state index in [1.54, 1.807) is 13.8 Å². The van der Waals surface area contributed by atoms with Gasteiger partial charge in [0.25, 0.3) is 0 Å². The predicted octanol–water partition coefficient (Wildman–Crippen LogP) is 5.25. The minimum absolute atomic E-state index is 0.0637. The van der Waals surface area contributed by atoms with Crippen LogP contribution in [0.5, 0.6) is 0 Å². The molecule has 8 fully saturated rings. The van der Waals surface area contributed by atoms with E-state index in [1.807, 2.05) is 0 Å². The van der Waals surface area contributed by atoms with E-state index in [1.165, 1.54) is 45.4 Å². The summed E-state index contributed by atoms with van der Waals surface area (Å²) in [4.78, 5) is 26.5. The van der Waals surface area contributed by atoms with Gasteiger partial charge in [0, 0.05) is 19.9 Å². The minimum Gasteiger partial charge on any atom is -0.464 e. The molecule has 2 spiro atoms. The van der Waals surface area contributed by atoms with Crippen LogP contribution in [0.1, 0.15) is 112 Å². The van der Waals surface area contributed by atoms with E-state index < -0.39 is 11.7 Å². The Labute approximate surface area is 281 Å². The van der Waals surface area contributed by atoms with Crippen LogP contribution in [0.15, 0.2) is 0 Å². The summed E-state index contributed by atoms with van der Waals surface area (Å²) in [5.41, 5.74) is 0.0760. The van der Waals surface area contributed by atoms with E-state index in [2.05, 4.69) is 25.7 Å². The number of fused-ring (bicyclic) bond motifs is 4. The van der Waals surface area contributed by atoms with Crippen LogP contribution >= 0.6 is 0 Å². The van der Waals surface area contributed by atoms with E-state index in [9.17, 15) is 14.7 Å². The van der Waals surface area contributed by atoms with Gasteiger partial charge in [0.05, 0.1) is 43.7 Å². The molecule has 0 aromatic carbocycles. The molecule has 1 N–H and O–H groups in total. The third-order valence-corrected chi connectivity index (χ3v) is 15.6. The van der Waals surface area contributed by atoms with Crippen LogP contribution in [0.4, 0.5) is 0 Å². The van der Waals surface area contributed by atoms with Gasteiger partial charge in [-0.05, 0) is 123 Å². The molecule has 8 rings (SSSR count). The SMILES string of the molecule is CC(=O)O[C@@H](C1CCC2C(CC3C4CCC5C(C)(C)[C@@H](OC6CN([C@H]7CCOC7=O)CCO6)CCC56CC46CCC23C)O1)C(C)(C)O. The number of hydrogen-bond acceptors (Lipinski definition) is 9. The number of ether oxygens (including phenoxy) is 5. The molecule has 0 aromatic rings. The van der Waals surface area contributed by atoms with Crippen LogP contribution < -0.4 is 0 Å². The van der Waals surface area contributed by atoms with Gasteiger partial charge < -0.3 is 28.8 Å². The van der Waals surface area contributed by atoms with E-state index in [-0.39, 0.29) is 48.0 Å². The molecule has 5 aliphatic carbocycles. The van der Waals surface area contributed by atoms with E-state index in [4.69, 9.17) is 23.7 Å². The zero-order valence-electron chi connectivity index (χ0n) is 29.6. The smallest absolute Gasteiger partial charge is 0.323 e. The first-order valence-electron chi connectivity index (χ1n) is 18.9. The van der Waals surface area contributed by atoms with Crippen LogP contribution in [0.2, 0.25) is 0 Å². The summed E-state index contributed by atoms with van der Waals surface area (Å²) < 4.78 is 30.8. The van der Waals surface area contributed by atoms with Crippen molar-refractivity contribution in [3.8, 4) is 0 Å². The minimum atomic E-state index is -1.15. The van der Waals surface area contributed by atoms with Gasteiger partial charge in [0.2, 0.25) is 0 Å². The molecular weight excluding hydrogens is 598 g/mol. The molecule has 13 atom stereocenters. The van der Waals surface area contributed by atoms with Crippen molar-refractivity contribution in [2.75, 3.05) is 26.3 Å². The van der Waals surface area contributed by atoms with Crippen molar-refractivity contribution in [3.63, 3.8) is 0 Å². The molecule has 47 heavy (non-hydrogen) atoms. The van der Waals surface area contributed by atoms with E-state index >= 15 is 0 Å². The molecule has 3 saturated heterocycles. The maximum Gasteiger partial charge on any atom is 0.323 e. The second-order valence-corrected chi connectivity index (χ2v) is 18.4. The van der Waals surface area contributed by atoms with Crippen molar-refractivity contribution in [2.45, 2.75) is 155 Å². The third-order valence-electron chi connectivity index (χ3n) is 15.6. The quantitative estimate of drug-likeness (QED) is 0.384. The molecule has 3 heterocycles. The number of rotatable bonds is 6. The highest BCUT2D eigenvalue weighted by Gasteiger charge is 2.80. The molecule has 10 unspecified atom stereocenters. The summed E-state index contributed by atoms with van der Waals surface area (Å²) in [6.45, 7) is 14.9. The molecule has 3 aliphatic heterocycles. The number of esters is 2. The predicted molar refractivity (Wildman–Crippen MR) is 173 cm³/mol. The average molecular weight is 658 g/mol. The summed E-state index contributed by atoms with van der Waals surface area (Å²) in [6.07, 6.45) is 11.8. The average Bonchev–Trinajstić information content (AvgIpc) is 3.30. The largest absolute Gasteiger partial charge is 0.464 e. The lowest BCUT2D eigenvalue weighted by atomic mass is 9.46. The van der Waals surface area contributed by atoms with Gasteiger partial charge in [-0.25, -0.2) is 0 Å². The fourth-order valence-electron chi connectivity index (χ4n) is 13.6. The molecule has 9 nitrogen and oxygen atoms in total. The molecule has 9 heteroatoms. The van der Waals surface area contributed by atoms with Crippen LogP contribution in [0.25, 0.3) is 0 Å². The van der Waals surface area contributed by atoms with Crippen molar-refractivity contribution >= 4 is 11.9 Å². The Kier molecular flexibility index (Phi) is 7.79. The van der Waals surface area contributed by atoms with Gasteiger partial charge in [-0.3, -0.25) is 14.5 Å². The Morgan fingerprint density at radius 2 is 1.77 bits per heavy atom. The first-order valence-corrected chi connectivity index (χ1v) is 18.9. The fourth-order valence-corrected chi connectivity index (χ4v) is 13.6. The molecule has 264 valence electrons. The Balaban J connectivity index is 0.959. The highest BCUT2D eigenvalue weighted by atomic mass is 16.7. The van der Waals surface area contributed by atoms with E-state index in [0.29, 0.717) is 53.8 Å². The molecule has 0 aromatic heterocycles. The number of carbonyl (C=O) groups is 2. The summed E-state index contributed by atoms with van der Waals surface area (Å²) >= 11 is 0. The standard InChI is InChI=1S/C38H59NO8/c1-22(40)45-32(35(4,5)42)27-9-7-24-28(46-27)19-25-23-8-10-29-34(2,3)30(11-13-38(29)21-37(23,38)15-14-36(24,25)6)47-31-20-39(16-18-43-31)26-12-17-44-33(26)41/h23-32,42H,7-21H2,1-6H3/t23?,24?,25?,26-,27?,28?,29?,30-,31?,32-,36?,37?,38?/m0/s1. The number of hydrogen-bond donors (Lipinski definition) is 1. The summed E-state index contributed by atoms with van der Waals surface area (Å²) in [6, 6.07) is -0.154. The third kappa shape index (κ3) is 4.93. The monoisotopic (exact) mass is 657 g/mol. The topological polar surface area (TPSA) is 104 Å². The Morgan fingerprint density at radius 1 is 0.979 bits per heavy atom. The van der Waals surface area contributed by atoms with Crippen LogP contribution in [-0.2, 0) is 33.3 Å². The summed E-state index contributed by atoms with van der Waals surface area (Å²) in [7, 11) is 0. The first-order chi connectivity index (χ1) is 22.2. The van der Waals surface area contributed by atoms with Crippen molar-refractivity contribution in [1.82, 2.24) is 4.90 Å². The van der Waals surface area contributed by atoms with Gasteiger partial charge in [0.1, 0.15) is 6.04 Å².